The van der Waals surface area contributed by atoms with Gasteiger partial charge in [0.1, 0.15) is 0 Å². The second-order valence-electron chi connectivity index (χ2n) is 9.35. The quantitative estimate of drug-likeness (QED) is 0.517. The van der Waals surface area contributed by atoms with Gasteiger partial charge in [-0.3, -0.25) is 9.59 Å². The Morgan fingerprint density at radius 3 is 2.71 bits per heavy atom. The Hall–Kier alpha value is -2.93. The van der Waals surface area contributed by atoms with E-state index in [1.807, 2.05) is 49.4 Å². The number of hydrogen-bond acceptors (Lipinski definition) is 5. The Balaban J connectivity index is 1.54. The molecule has 2 aliphatic rings. The molecule has 1 aliphatic heterocycles. The zero-order valence-electron chi connectivity index (χ0n) is 21.1. The maximum atomic E-state index is 13.2. The Kier molecular flexibility index (Phi) is 7.75. The van der Waals surface area contributed by atoms with E-state index in [-0.39, 0.29) is 17.9 Å². The second kappa shape index (κ2) is 10.8. The van der Waals surface area contributed by atoms with Gasteiger partial charge in [-0.2, -0.15) is 0 Å². The molecular formula is C28H34N2O4S. The van der Waals surface area contributed by atoms with Gasteiger partial charge in [0.25, 0.3) is 11.8 Å². The van der Waals surface area contributed by atoms with Crippen LogP contribution >= 0.6 is 11.8 Å². The normalized spacial score (nSPS) is 23.1. The average molecular weight is 495 g/mol. The van der Waals surface area contributed by atoms with E-state index in [2.05, 4.69) is 19.2 Å². The van der Waals surface area contributed by atoms with Crippen molar-refractivity contribution < 1.29 is 19.1 Å². The summed E-state index contributed by atoms with van der Waals surface area (Å²) in [5.74, 6) is 2.18. The highest BCUT2D eigenvalue weighted by molar-refractivity contribution is 8.04. The summed E-state index contributed by atoms with van der Waals surface area (Å²) in [6.07, 6.45) is 5.23. The van der Waals surface area contributed by atoms with Crippen molar-refractivity contribution in [2.24, 2.45) is 11.8 Å². The highest BCUT2D eigenvalue weighted by Crippen LogP contribution is 2.42. The number of nitrogens with one attached hydrogen (secondary N) is 1. The summed E-state index contributed by atoms with van der Waals surface area (Å²) in [5, 5.41) is 3.23. The van der Waals surface area contributed by atoms with Gasteiger partial charge in [0.05, 0.1) is 24.3 Å². The summed E-state index contributed by atoms with van der Waals surface area (Å²) in [7, 11) is 3.35. The first kappa shape index (κ1) is 25.2. The van der Waals surface area contributed by atoms with Crippen molar-refractivity contribution in [2.45, 2.75) is 51.0 Å². The molecule has 2 aromatic carbocycles. The molecule has 0 saturated heterocycles. The van der Waals surface area contributed by atoms with E-state index in [0.29, 0.717) is 40.4 Å². The number of rotatable bonds is 6. The van der Waals surface area contributed by atoms with E-state index in [0.717, 1.165) is 29.0 Å². The molecule has 6 nitrogen and oxygen atoms in total. The zero-order chi connectivity index (χ0) is 25.1. The summed E-state index contributed by atoms with van der Waals surface area (Å²) in [4.78, 5) is 29.4. The molecule has 35 heavy (non-hydrogen) atoms. The Morgan fingerprint density at radius 1 is 1.17 bits per heavy atom. The van der Waals surface area contributed by atoms with Crippen molar-refractivity contribution >= 4 is 35.3 Å². The van der Waals surface area contributed by atoms with E-state index < -0.39 is 0 Å². The molecule has 0 aromatic heterocycles. The molecule has 1 fully saturated rings. The SMILES string of the molecule is CCOc1ccc(/C=C2/Sc3ccc(C(=O)N[C@@H]4CCC[C@H](C)[C@@H]4C)cc3N(C)C2=O)cc1OC. The van der Waals surface area contributed by atoms with Gasteiger partial charge in [-0.25, -0.2) is 0 Å². The molecule has 1 N–H and O–H groups in total. The fourth-order valence-corrected chi connectivity index (χ4v) is 5.87. The predicted molar refractivity (Wildman–Crippen MR) is 141 cm³/mol. The third-order valence-electron chi connectivity index (χ3n) is 7.13. The maximum absolute atomic E-state index is 13.2. The minimum Gasteiger partial charge on any atom is -0.493 e. The summed E-state index contributed by atoms with van der Waals surface area (Å²) in [6, 6.07) is 11.4. The number of methoxy groups -OCH3 is 1. The van der Waals surface area contributed by atoms with Gasteiger partial charge in [-0.05, 0) is 67.2 Å². The van der Waals surface area contributed by atoms with Crippen molar-refractivity contribution in [3.63, 3.8) is 0 Å². The summed E-state index contributed by atoms with van der Waals surface area (Å²) >= 11 is 1.41. The topological polar surface area (TPSA) is 67.9 Å². The lowest BCUT2D eigenvalue weighted by Crippen LogP contribution is -2.43. The smallest absolute Gasteiger partial charge is 0.264 e. The van der Waals surface area contributed by atoms with Crippen LogP contribution in [0.4, 0.5) is 5.69 Å². The molecule has 186 valence electrons. The van der Waals surface area contributed by atoms with Crippen LogP contribution in [0.5, 0.6) is 11.5 Å². The zero-order valence-corrected chi connectivity index (χ0v) is 21.9. The van der Waals surface area contributed by atoms with Gasteiger partial charge in [0, 0.05) is 23.5 Å². The molecule has 7 heteroatoms. The number of fused-ring (bicyclic) bond motifs is 1. The van der Waals surface area contributed by atoms with Crippen molar-refractivity contribution in [1.29, 1.82) is 0 Å². The van der Waals surface area contributed by atoms with Crippen LogP contribution < -0.4 is 19.7 Å². The molecule has 1 heterocycles. The lowest BCUT2D eigenvalue weighted by molar-refractivity contribution is -0.114. The molecule has 2 aromatic rings. The van der Waals surface area contributed by atoms with E-state index >= 15 is 0 Å². The molecule has 0 spiro atoms. The number of carbonyl (C=O) groups is 2. The molecule has 0 bridgehead atoms. The number of anilines is 1. The third-order valence-corrected chi connectivity index (χ3v) is 8.20. The van der Waals surface area contributed by atoms with Gasteiger partial charge in [-0.1, -0.05) is 44.5 Å². The lowest BCUT2D eigenvalue weighted by atomic mass is 9.78. The van der Waals surface area contributed by atoms with Crippen LogP contribution in [-0.2, 0) is 4.79 Å². The Labute approximate surface area is 212 Å². The fraction of sp³-hybridized carbons (Fsp3) is 0.429. The maximum Gasteiger partial charge on any atom is 0.264 e. The third kappa shape index (κ3) is 5.35. The minimum absolute atomic E-state index is 0.0765. The number of amides is 2. The molecule has 3 atom stereocenters. The number of thioether (sulfide) groups is 1. The number of carbonyl (C=O) groups excluding carboxylic acids is 2. The molecule has 1 aliphatic carbocycles. The standard InChI is InChI=1S/C28H34N2O4S/c1-6-34-23-12-10-19(14-24(23)33-5)15-26-28(32)30(4)22-16-20(11-13-25(22)35-26)27(31)29-21-9-7-8-17(2)18(21)3/h10-18,21H,6-9H2,1-5H3,(H,29,31)/b26-15+/t17-,18-,21+/m0/s1. The van der Waals surface area contributed by atoms with Crippen molar-refractivity contribution in [3.05, 3.63) is 52.4 Å². The number of likely N-dealkylation sites (N-methyl/N-ethyl adjacent to an activating group) is 1. The highest BCUT2D eigenvalue weighted by Gasteiger charge is 2.30. The van der Waals surface area contributed by atoms with Crippen molar-refractivity contribution in [1.82, 2.24) is 5.32 Å². The van der Waals surface area contributed by atoms with Gasteiger partial charge >= 0.3 is 0 Å². The first-order valence-electron chi connectivity index (χ1n) is 12.3. The van der Waals surface area contributed by atoms with Crippen LogP contribution in [0.1, 0.15) is 56.0 Å². The molecular weight excluding hydrogens is 460 g/mol. The average Bonchev–Trinajstić information content (AvgIpc) is 2.86. The van der Waals surface area contributed by atoms with Gasteiger partial charge in [0.15, 0.2) is 11.5 Å². The van der Waals surface area contributed by atoms with Crippen LogP contribution in [0.25, 0.3) is 6.08 Å². The molecule has 0 radical (unpaired) electrons. The van der Waals surface area contributed by atoms with Gasteiger partial charge in [0.2, 0.25) is 0 Å². The van der Waals surface area contributed by atoms with E-state index in [4.69, 9.17) is 9.47 Å². The number of benzene rings is 2. The lowest BCUT2D eigenvalue weighted by Gasteiger charge is -2.34. The van der Waals surface area contributed by atoms with Crippen LogP contribution in [0, 0.1) is 11.8 Å². The number of nitrogens with zero attached hydrogens (tertiary/aromatic N) is 1. The van der Waals surface area contributed by atoms with Crippen molar-refractivity contribution in [2.75, 3.05) is 25.7 Å². The highest BCUT2D eigenvalue weighted by atomic mass is 32.2. The second-order valence-corrected chi connectivity index (χ2v) is 10.4. The largest absolute Gasteiger partial charge is 0.493 e. The van der Waals surface area contributed by atoms with Crippen molar-refractivity contribution in [3.8, 4) is 11.5 Å². The van der Waals surface area contributed by atoms with Crippen LogP contribution in [0.2, 0.25) is 0 Å². The minimum atomic E-state index is -0.109. The van der Waals surface area contributed by atoms with Crippen LogP contribution in [-0.4, -0.2) is 38.6 Å². The number of ether oxygens (including phenoxy) is 2. The van der Waals surface area contributed by atoms with E-state index in [1.54, 1.807) is 19.1 Å². The monoisotopic (exact) mass is 494 g/mol. The summed E-state index contributed by atoms with van der Waals surface area (Å²) in [5.41, 5.74) is 2.18. The fourth-order valence-electron chi connectivity index (χ4n) is 4.77. The summed E-state index contributed by atoms with van der Waals surface area (Å²) < 4.78 is 11.0. The Morgan fingerprint density at radius 2 is 1.97 bits per heavy atom. The molecule has 0 unspecified atom stereocenters. The van der Waals surface area contributed by atoms with E-state index in [9.17, 15) is 9.59 Å². The molecule has 2 amide bonds. The first-order valence-corrected chi connectivity index (χ1v) is 13.1. The van der Waals surface area contributed by atoms with Gasteiger partial charge < -0.3 is 19.7 Å². The summed E-state index contributed by atoms with van der Waals surface area (Å²) in [6.45, 7) is 6.95. The van der Waals surface area contributed by atoms with Crippen LogP contribution in [0.15, 0.2) is 46.2 Å². The van der Waals surface area contributed by atoms with E-state index in [1.165, 1.54) is 18.2 Å². The number of hydrogen-bond donors (Lipinski definition) is 1. The van der Waals surface area contributed by atoms with Gasteiger partial charge in [-0.15, -0.1) is 0 Å². The first-order chi connectivity index (χ1) is 16.8. The van der Waals surface area contributed by atoms with Crippen LogP contribution in [0.3, 0.4) is 0 Å². The molecule has 4 rings (SSSR count). The Bertz CT molecular complexity index is 1150. The molecule has 1 saturated carbocycles. The predicted octanol–water partition coefficient (Wildman–Crippen LogP) is 5.76.